The molecule has 0 radical (unpaired) electrons. The topological polar surface area (TPSA) is 29.5 Å². The first-order valence-corrected chi connectivity index (χ1v) is 11.2. The highest BCUT2D eigenvalue weighted by molar-refractivity contribution is 5.65. The van der Waals surface area contributed by atoms with Crippen LogP contribution < -0.4 is 4.74 Å². The molecular weight excluding hydrogens is 432 g/mol. The molecule has 3 aromatic rings. The fourth-order valence-electron chi connectivity index (χ4n) is 4.74. The molecule has 0 unspecified atom stereocenters. The maximum atomic E-state index is 15.0. The van der Waals surface area contributed by atoms with Crippen molar-refractivity contribution in [3.8, 4) is 16.9 Å². The van der Waals surface area contributed by atoms with Gasteiger partial charge in [-0.05, 0) is 72.8 Å². The summed E-state index contributed by atoms with van der Waals surface area (Å²) in [6.07, 6.45) is 2.22. The Balaban J connectivity index is 1.50. The van der Waals surface area contributed by atoms with Crippen LogP contribution in [0.25, 0.3) is 11.1 Å². The monoisotopic (exact) mass is 458 g/mol. The van der Waals surface area contributed by atoms with Gasteiger partial charge in [0.2, 0.25) is 5.82 Å². The number of benzene rings is 3. The van der Waals surface area contributed by atoms with Gasteiger partial charge in [0.15, 0.2) is 23.2 Å². The number of aliphatic hydroxyl groups is 1. The Morgan fingerprint density at radius 3 is 1.82 bits per heavy atom. The molecule has 2 nitrogen and oxygen atoms in total. The Morgan fingerprint density at radius 2 is 1.27 bits per heavy atom. The van der Waals surface area contributed by atoms with E-state index < -0.39 is 23.3 Å². The van der Waals surface area contributed by atoms with Crippen LogP contribution in [0.15, 0.2) is 48.5 Å². The van der Waals surface area contributed by atoms with Crippen molar-refractivity contribution in [2.45, 2.75) is 51.0 Å². The van der Waals surface area contributed by atoms with Gasteiger partial charge in [-0.2, -0.15) is 4.39 Å². The Hall–Kier alpha value is -2.86. The van der Waals surface area contributed by atoms with Gasteiger partial charge in [-0.3, -0.25) is 0 Å². The van der Waals surface area contributed by atoms with Crippen LogP contribution in [0.1, 0.15) is 61.1 Å². The quantitative estimate of drug-likeness (QED) is 0.395. The summed E-state index contributed by atoms with van der Waals surface area (Å²) in [5.41, 5.74) is 2.02. The van der Waals surface area contributed by atoms with Crippen molar-refractivity contribution in [1.82, 2.24) is 0 Å². The average molecular weight is 458 g/mol. The van der Waals surface area contributed by atoms with E-state index in [1.807, 2.05) is 0 Å². The fraction of sp³-hybridized carbons (Fsp3) is 0.333. The minimum absolute atomic E-state index is 0.101. The maximum absolute atomic E-state index is 15.0. The molecule has 0 aromatic heterocycles. The molecule has 174 valence electrons. The van der Waals surface area contributed by atoms with Crippen LogP contribution in [0, 0.1) is 23.3 Å². The highest BCUT2D eigenvalue weighted by atomic mass is 19.2. The van der Waals surface area contributed by atoms with E-state index in [1.165, 1.54) is 6.07 Å². The predicted molar refractivity (Wildman–Crippen MR) is 119 cm³/mol. The molecule has 0 aliphatic heterocycles. The third-order valence-electron chi connectivity index (χ3n) is 6.54. The van der Waals surface area contributed by atoms with Crippen LogP contribution in [0.2, 0.25) is 0 Å². The van der Waals surface area contributed by atoms with Crippen LogP contribution in [-0.4, -0.2) is 11.7 Å². The van der Waals surface area contributed by atoms with Crippen molar-refractivity contribution < 1.29 is 27.4 Å². The number of halogens is 4. The summed E-state index contributed by atoms with van der Waals surface area (Å²) in [4.78, 5) is 0. The normalized spacial score (nSPS) is 18.4. The van der Waals surface area contributed by atoms with E-state index in [0.717, 1.165) is 0 Å². The molecule has 0 saturated heterocycles. The lowest BCUT2D eigenvalue weighted by molar-refractivity contribution is 0.282. The van der Waals surface area contributed by atoms with Gasteiger partial charge in [0.1, 0.15) is 0 Å². The first kappa shape index (κ1) is 23.3. The molecule has 1 aliphatic rings. The second-order valence-electron chi connectivity index (χ2n) is 8.45. The van der Waals surface area contributed by atoms with Gasteiger partial charge >= 0.3 is 0 Å². The Morgan fingerprint density at radius 1 is 0.727 bits per heavy atom. The van der Waals surface area contributed by atoms with E-state index in [0.29, 0.717) is 47.9 Å². The summed E-state index contributed by atoms with van der Waals surface area (Å²) in [6, 6.07) is 12.9. The van der Waals surface area contributed by atoms with Crippen molar-refractivity contribution in [2.75, 3.05) is 6.61 Å². The molecule has 6 heteroatoms. The lowest BCUT2D eigenvalue weighted by atomic mass is 9.75. The second-order valence-corrected chi connectivity index (χ2v) is 8.45. The van der Waals surface area contributed by atoms with E-state index in [-0.39, 0.29) is 36.4 Å². The summed E-state index contributed by atoms with van der Waals surface area (Å²) >= 11 is 0. The zero-order valence-electron chi connectivity index (χ0n) is 18.4. The van der Waals surface area contributed by atoms with E-state index in [2.05, 4.69) is 0 Å². The van der Waals surface area contributed by atoms with Gasteiger partial charge in [0, 0.05) is 5.56 Å². The van der Waals surface area contributed by atoms with Crippen molar-refractivity contribution >= 4 is 0 Å². The van der Waals surface area contributed by atoms with Gasteiger partial charge < -0.3 is 9.84 Å². The molecule has 1 N–H and O–H groups in total. The van der Waals surface area contributed by atoms with Gasteiger partial charge in [0.05, 0.1) is 13.2 Å². The summed E-state index contributed by atoms with van der Waals surface area (Å²) in [5.74, 6) is -4.09. The minimum atomic E-state index is -0.979. The van der Waals surface area contributed by atoms with Gasteiger partial charge in [-0.25, -0.2) is 13.2 Å². The van der Waals surface area contributed by atoms with Gasteiger partial charge in [-0.15, -0.1) is 0 Å². The lowest BCUT2D eigenvalue weighted by Gasteiger charge is -2.30. The summed E-state index contributed by atoms with van der Waals surface area (Å²) in [5, 5.41) is 9.15. The number of hydrogen-bond donors (Lipinski definition) is 1. The molecule has 4 rings (SSSR count). The van der Waals surface area contributed by atoms with Crippen molar-refractivity contribution in [3.63, 3.8) is 0 Å². The maximum Gasteiger partial charge on any atom is 0.200 e. The predicted octanol–water partition coefficient (Wildman–Crippen LogP) is 7.24. The van der Waals surface area contributed by atoms with Gasteiger partial charge in [0.25, 0.3) is 0 Å². The first-order chi connectivity index (χ1) is 15.9. The molecule has 0 amide bonds. The van der Waals surface area contributed by atoms with E-state index in [1.54, 1.807) is 49.4 Å². The van der Waals surface area contributed by atoms with Crippen LogP contribution in [0.3, 0.4) is 0 Å². The molecule has 1 fully saturated rings. The van der Waals surface area contributed by atoms with Gasteiger partial charge in [-0.1, -0.05) is 42.5 Å². The van der Waals surface area contributed by atoms with Crippen LogP contribution in [0.5, 0.6) is 5.75 Å². The van der Waals surface area contributed by atoms with Crippen LogP contribution in [0.4, 0.5) is 17.6 Å². The highest BCUT2D eigenvalue weighted by Gasteiger charge is 2.29. The number of aliphatic hydroxyl groups excluding tert-OH is 1. The molecule has 0 spiro atoms. The molecule has 33 heavy (non-hydrogen) atoms. The minimum Gasteiger partial charge on any atom is -0.491 e. The molecular formula is C27H26F4O2. The number of rotatable bonds is 6. The molecule has 0 atom stereocenters. The van der Waals surface area contributed by atoms with E-state index in [4.69, 9.17) is 9.84 Å². The highest BCUT2D eigenvalue weighted by Crippen LogP contribution is 2.43. The largest absolute Gasteiger partial charge is 0.491 e. The molecule has 0 heterocycles. The molecule has 1 saturated carbocycles. The Labute approximate surface area is 190 Å². The third kappa shape index (κ3) is 4.62. The standard InChI is InChI=1S/C27H26F4O2/c1-2-33-23-14-13-22(26(30)27(23)31)19-9-7-18(8-10-19)21-12-11-20(24(28)25(21)29)17-5-3-16(15-32)4-6-17/h3-6,11-14,18-19,32H,2,7-10,15H2,1H3. The summed E-state index contributed by atoms with van der Waals surface area (Å²) in [6.45, 7) is 1.83. The van der Waals surface area contributed by atoms with Crippen LogP contribution >= 0.6 is 0 Å². The molecule has 1 aliphatic carbocycles. The second kappa shape index (κ2) is 9.96. The molecule has 3 aromatic carbocycles. The lowest BCUT2D eigenvalue weighted by Crippen LogP contribution is -2.15. The average Bonchev–Trinajstić information content (AvgIpc) is 2.84. The van der Waals surface area contributed by atoms with Crippen molar-refractivity contribution in [1.29, 1.82) is 0 Å². The first-order valence-electron chi connectivity index (χ1n) is 11.2. The summed E-state index contributed by atoms with van der Waals surface area (Å²) < 4.78 is 63.8. The summed E-state index contributed by atoms with van der Waals surface area (Å²) in [7, 11) is 0. The smallest absolute Gasteiger partial charge is 0.200 e. The third-order valence-corrected chi connectivity index (χ3v) is 6.54. The molecule has 0 bridgehead atoms. The zero-order chi connectivity index (χ0) is 23.5. The zero-order valence-corrected chi connectivity index (χ0v) is 18.4. The van der Waals surface area contributed by atoms with Crippen LogP contribution in [-0.2, 0) is 6.61 Å². The number of hydrogen-bond acceptors (Lipinski definition) is 2. The van der Waals surface area contributed by atoms with Crippen molar-refractivity contribution in [2.24, 2.45) is 0 Å². The SMILES string of the molecule is CCOc1ccc(C2CCC(c3ccc(-c4ccc(CO)cc4)c(F)c3F)CC2)c(F)c1F. The van der Waals surface area contributed by atoms with Crippen molar-refractivity contribution in [3.05, 3.63) is 88.5 Å². The Bertz CT molecular complexity index is 1120. The Kier molecular flexibility index (Phi) is 7.03. The van der Waals surface area contributed by atoms with E-state index in [9.17, 15) is 17.6 Å². The number of ether oxygens (including phenoxy) is 1. The fourth-order valence-corrected chi connectivity index (χ4v) is 4.74. The van der Waals surface area contributed by atoms with E-state index >= 15 is 0 Å².